The molecule has 0 radical (unpaired) electrons. The number of likely N-dealkylation sites (tertiary alicyclic amines) is 1. The van der Waals surface area contributed by atoms with E-state index >= 15 is 0 Å². The van der Waals surface area contributed by atoms with Crippen molar-refractivity contribution in [1.82, 2.24) is 10.2 Å². The molecule has 1 spiro atoms. The second-order valence-corrected chi connectivity index (χ2v) is 7.47. The van der Waals surface area contributed by atoms with Gasteiger partial charge in [-0.15, -0.1) is 0 Å². The minimum absolute atomic E-state index is 0.231. The Bertz CT molecular complexity index is 630. The largest absolute Gasteiger partial charge is 0.500 e. The first-order valence-electron chi connectivity index (χ1n) is 8.07. The quantitative estimate of drug-likeness (QED) is 0.800. The van der Waals surface area contributed by atoms with Crippen molar-refractivity contribution in [2.75, 3.05) is 33.3 Å². The SMILES string of the molecule is C=C(CN1CC2(CC(CNC(=O)c3cc(F)cc(Cl)c3)C2)C1)OC. The number of carbonyl (C=O) groups excluding carboxylic acids is 1. The highest BCUT2D eigenvalue weighted by Crippen LogP contribution is 2.51. The van der Waals surface area contributed by atoms with Crippen LogP contribution < -0.4 is 5.32 Å². The zero-order valence-electron chi connectivity index (χ0n) is 13.8. The number of rotatable bonds is 6. The van der Waals surface area contributed by atoms with Crippen molar-refractivity contribution in [2.45, 2.75) is 12.8 Å². The van der Waals surface area contributed by atoms with E-state index in [4.69, 9.17) is 16.3 Å². The molecule has 1 aliphatic heterocycles. The molecule has 1 heterocycles. The fourth-order valence-electron chi connectivity index (χ4n) is 3.92. The van der Waals surface area contributed by atoms with Crippen molar-refractivity contribution in [3.05, 3.63) is 46.9 Å². The second kappa shape index (κ2) is 6.73. The summed E-state index contributed by atoms with van der Waals surface area (Å²) in [7, 11) is 1.64. The number of methoxy groups -OCH3 is 1. The summed E-state index contributed by atoms with van der Waals surface area (Å²) in [6.07, 6.45) is 2.24. The molecular weight excluding hydrogens is 331 g/mol. The van der Waals surface area contributed by atoms with Gasteiger partial charge in [0.15, 0.2) is 0 Å². The molecule has 0 bridgehead atoms. The van der Waals surface area contributed by atoms with Crippen molar-refractivity contribution < 1.29 is 13.9 Å². The average Bonchev–Trinajstić information content (AvgIpc) is 2.45. The van der Waals surface area contributed by atoms with Gasteiger partial charge in [0.25, 0.3) is 5.91 Å². The highest BCUT2D eigenvalue weighted by Gasteiger charge is 2.51. The van der Waals surface area contributed by atoms with Crippen LogP contribution in [0.15, 0.2) is 30.5 Å². The smallest absolute Gasteiger partial charge is 0.251 e. The predicted molar refractivity (Wildman–Crippen MR) is 91.5 cm³/mol. The molecule has 1 aromatic rings. The van der Waals surface area contributed by atoms with Gasteiger partial charge >= 0.3 is 0 Å². The lowest BCUT2D eigenvalue weighted by molar-refractivity contribution is -0.0919. The molecule has 0 aromatic heterocycles. The van der Waals surface area contributed by atoms with Gasteiger partial charge in [0.2, 0.25) is 0 Å². The molecule has 1 saturated carbocycles. The predicted octanol–water partition coefficient (Wildman–Crippen LogP) is 3.08. The van der Waals surface area contributed by atoms with E-state index in [1.165, 1.54) is 18.2 Å². The van der Waals surface area contributed by atoms with Gasteiger partial charge < -0.3 is 10.1 Å². The number of benzene rings is 1. The summed E-state index contributed by atoms with van der Waals surface area (Å²) in [5.41, 5.74) is 0.674. The van der Waals surface area contributed by atoms with Crippen LogP contribution in [0.25, 0.3) is 0 Å². The van der Waals surface area contributed by atoms with Gasteiger partial charge in [-0.05, 0) is 42.4 Å². The van der Waals surface area contributed by atoms with E-state index in [2.05, 4.69) is 16.8 Å². The number of halogens is 2. The summed E-state index contributed by atoms with van der Waals surface area (Å²) in [4.78, 5) is 14.4. The molecule has 2 aliphatic rings. The highest BCUT2D eigenvalue weighted by molar-refractivity contribution is 6.31. The number of hydrogen-bond donors (Lipinski definition) is 1. The van der Waals surface area contributed by atoms with Gasteiger partial charge in [-0.2, -0.15) is 0 Å². The van der Waals surface area contributed by atoms with Gasteiger partial charge in [-0.3, -0.25) is 9.69 Å². The molecule has 1 N–H and O–H groups in total. The van der Waals surface area contributed by atoms with Crippen molar-refractivity contribution in [3.63, 3.8) is 0 Å². The van der Waals surface area contributed by atoms with E-state index in [0.29, 0.717) is 17.9 Å². The standard InChI is InChI=1S/C18H22ClFN2O2/c1-12(24-2)9-22-10-18(11-22)6-13(7-18)8-21-17(23)14-3-15(19)5-16(20)4-14/h3-5,13H,1,6-11H2,2H3,(H,21,23). The molecule has 2 fully saturated rings. The third-order valence-electron chi connectivity index (χ3n) is 4.93. The van der Waals surface area contributed by atoms with Crippen LogP contribution in [0.4, 0.5) is 4.39 Å². The van der Waals surface area contributed by atoms with Gasteiger partial charge in [-0.1, -0.05) is 18.2 Å². The van der Waals surface area contributed by atoms with Crippen molar-refractivity contribution in [1.29, 1.82) is 0 Å². The topological polar surface area (TPSA) is 41.6 Å². The summed E-state index contributed by atoms with van der Waals surface area (Å²) in [6, 6.07) is 3.87. The molecule has 0 unspecified atom stereocenters. The van der Waals surface area contributed by atoms with E-state index in [-0.39, 0.29) is 16.5 Å². The Morgan fingerprint density at radius 2 is 2.17 bits per heavy atom. The Morgan fingerprint density at radius 3 is 2.79 bits per heavy atom. The first kappa shape index (κ1) is 17.2. The maximum atomic E-state index is 13.3. The molecule has 1 aliphatic carbocycles. The van der Waals surface area contributed by atoms with Crippen LogP contribution in [0.3, 0.4) is 0 Å². The maximum Gasteiger partial charge on any atom is 0.251 e. The van der Waals surface area contributed by atoms with Gasteiger partial charge in [0.1, 0.15) is 11.6 Å². The van der Waals surface area contributed by atoms with Crippen LogP contribution in [0, 0.1) is 17.2 Å². The number of hydrogen-bond acceptors (Lipinski definition) is 3. The van der Waals surface area contributed by atoms with E-state index in [0.717, 1.165) is 38.2 Å². The normalized spacial score (nSPS) is 19.5. The minimum Gasteiger partial charge on any atom is -0.500 e. The molecule has 0 atom stereocenters. The molecule has 3 rings (SSSR count). The summed E-state index contributed by atoms with van der Waals surface area (Å²) in [5.74, 6) is 0.513. The molecule has 1 amide bonds. The lowest BCUT2D eigenvalue weighted by atomic mass is 9.57. The van der Waals surface area contributed by atoms with Crippen LogP contribution in [0.1, 0.15) is 23.2 Å². The molecule has 4 nitrogen and oxygen atoms in total. The number of nitrogens with one attached hydrogen (secondary N) is 1. The Morgan fingerprint density at radius 1 is 1.46 bits per heavy atom. The lowest BCUT2D eigenvalue weighted by Crippen LogP contribution is -2.63. The van der Waals surface area contributed by atoms with E-state index in [9.17, 15) is 9.18 Å². The summed E-state index contributed by atoms with van der Waals surface area (Å²) in [5, 5.41) is 3.11. The summed E-state index contributed by atoms with van der Waals surface area (Å²) >= 11 is 5.78. The van der Waals surface area contributed by atoms with Crippen LogP contribution in [-0.4, -0.2) is 44.1 Å². The van der Waals surface area contributed by atoms with Crippen LogP contribution >= 0.6 is 11.6 Å². The number of carbonyl (C=O) groups is 1. The second-order valence-electron chi connectivity index (χ2n) is 7.03. The third-order valence-corrected chi connectivity index (χ3v) is 5.14. The van der Waals surface area contributed by atoms with Gasteiger partial charge in [0.05, 0.1) is 13.7 Å². The Labute approximate surface area is 146 Å². The molecule has 1 saturated heterocycles. The van der Waals surface area contributed by atoms with E-state index in [1.54, 1.807) is 7.11 Å². The zero-order valence-corrected chi connectivity index (χ0v) is 14.5. The van der Waals surface area contributed by atoms with Gasteiger partial charge in [-0.25, -0.2) is 4.39 Å². The summed E-state index contributed by atoms with van der Waals surface area (Å²) in [6.45, 7) is 7.40. The maximum absolute atomic E-state index is 13.3. The number of nitrogens with zero attached hydrogens (tertiary/aromatic N) is 1. The highest BCUT2D eigenvalue weighted by atomic mass is 35.5. The van der Waals surface area contributed by atoms with Crippen LogP contribution in [-0.2, 0) is 4.74 Å². The number of amides is 1. The Hall–Kier alpha value is -1.59. The fraction of sp³-hybridized carbons (Fsp3) is 0.500. The monoisotopic (exact) mass is 352 g/mol. The van der Waals surface area contributed by atoms with Gasteiger partial charge in [0, 0.05) is 30.2 Å². The average molecular weight is 353 g/mol. The lowest BCUT2D eigenvalue weighted by Gasteiger charge is -2.59. The molecular formula is C18H22ClFN2O2. The van der Waals surface area contributed by atoms with E-state index in [1.807, 2.05) is 0 Å². The van der Waals surface area contributed by atoms with Crippen LogP contribution in [0.5, 0.6) is 0 Å². The van der Waals surface area contributed by atoms with Crippen LogP contribution in [0.2, 0.25) is 5.02 Å². The first-order valence-corrected chi connectivity index (χ1v) is 8.45. The Balaban J connectivity index is 1.39. The molecule has 130 valence electrons. The Kier molecular flexibility index (Phi) is 4.83. The third kappa shape index (κ3) is 3.73. The van der Waals surface area contributed by atoms with Crippen molar-refractivity contribution in [2.24, 2.45) is 11.3 Å². The molecule has 1 aromatic carbocycles. The van der Waals surface area contributed by atoms with Crippen molar-refractivity contribution >= 4 is 17.5 Å². The first-order chi connectivity index (χ1) is 11.4. The molecule has 6 heteroatoms. The number of ether oxygens (including phenoxy) is 1. The minimum atomic E-state index is -0.498. The summed E-state index contributed by atoms with van der Waals surface area (Å²) < 4.78 is 18.4. The zero-order chi connectivity index (χ0) is 17.3. The molecule has 24 heavy (non-hydrogen) atoms. The van der Waals surface area contributed by atoms with E-state index < -0.39 is 5.82 Å². The van der Waals surface area contributed by atoms with Crippen molar-refractivity contribution in [3.8, 4) is 0 Å². The fourth-order valence-corrected chi connectivity index (χ4v) is 4.14.